The van der Waals surface area contributed by atoms with Crippen LogP contribution in [0.25, 0.3) is 0 Å². The van der Waals surface area contributed by atoms with Crippen LogP contribution in [0.3, 0.4) is 0 Å². The topological polar surface area (TPSA) is 178 Å². The average Bonchev–Trinajstić information content (AvgIpc) is 3.39. The van der Waals surface area contributed by atoms with Gasteiger partial charge in [0.2, 0.25) is 6.10 Å². The molecule has 2 aromatic carbocycles. The Morgan fingerprint density at radius 1 is 1.09 bits per heavy atom. The Hall–Kier alpha value is -4.46. The number of methoxy groups -OCH3 is 1. The summed E-state index contributed by atoms with van der Waals surface area (Å²) in [6.45, 7) is 1.81. The predicted octanol–water partition coefficient (Wildman–Crippen LogP) is 1.57. The number of esters is 3. The second-order valence-corrected chi connectivity index (χ2v) is 12.1. The Kier molecular flexibility index (Phi) is 8.03. The minimum absolute atomic E-state index is 0.102. The fourth-order valence-corrected chi connectivity index (χ4v) is 7.36. The predicted molar refractivity (Wildman–Crippen MR) is 157 cm³/mol. The number of aliphatic hydroxyl groups is 2. The van der Waals surface area contributed by atoms with Crippen LogP contribution in [0.1, 0.15) is 49.0 Å². The van der Waals surface area contributed by atoms with Gasteiger partial charge in [0, 0.05) is 23.6 Å². The number of ether oxygens (including phenoxy) is 5. The minimum Gasteiger partial charge on any atom is -0.493 e. The number of hydrogen-bond donors (Lipinski definition) is 3. The van der Waals surface area contributed by atoms with E-state index in [2.05, 4.69) is 4.90 Å². The van der Waals surface area contributed by atoms with E-state index in [1.54, 1.807) is 24.3 Å². The van der Waals surface area contributed by atoms with Crippen LogP contribution in [0.2, 0.25) is 0 Å². The number of piperidine rings is 1. The molecule has 13 heteroatoms. The van der Waals surface area contributed by atoms with Gasteiger partial charge in [-0.15, -0.1) is 0 Å². The summed E-state index contributed by atoms with van der Waals surface area (Å²) in [4.78, 5) is 52.1. The Balaban J connectivity index is 1.20. The van der Waals surface area contributed by atoms with Gasteiger partial charge in [-0.2, -0.15) is 0 Å². The molecular weight excluding hydrogens is 602 g/mol. The first kappa shape index (κ1) is 31.5. The first-order chi connectivity index (χ1) is 21.9. The van der Waals surface area contributed by atoms with Crippen molar-refractivity contribution in [1.82, 2.24) is 4.90 Å². The first-order valence-electron chi connectivity index (χ1n) is 15.0. The SMILES string of the molecule is COc1ccc2c3c1O[C@H]1C(OC(=O)[C@@H](O)CC(=O)O[C@H](C(=O)O[C@@H](C)C(=O)O)c4ccccc4)=CC[C@@]4(O)[C@H](C2)N(C)CC[C@]314. The Labute approximate surface area is 264 Å². The van der Waals surface area contributed by atoms with Gasteiger partial charge in [-0.05, 0) is 51.1 Å². The molecule has 0 saturated carbocycles. The maximum Gasteiger partial charge on any atom is 0.353 e. The van der Waals surface area contributed by atoms with E-state index >= 15 is 0 Å². The number of likely N-dealkylation sites (tertiary alicyclic amines) is 1. The molecule has 2 aliphatic heterocycles. The maximum atomic E-state index is 13.2. The monoisotopic (exact) mass is 637 g/mol. The zero-order valence-corrected chi connectivity index (χ0v) is 25.5. The average molecular weight is 638 g/mol. The van der Waals surface area contributed by atoms with Crippen LogP contribution >= 0.6 is 0 Å². The summed E-state index contributed by atoms with van der Waals surface area (Å²) < 4.78 is 27.9. The molecule has 46 heavy (non-hydrogen) atoms. The van der Waals surface area contributed by atoms with E-state index in [4.69, 9.17) is 28.8 Å². The van der Waals surface area contributed by atoms with E-state index in [0.717, 1.165) is 18.1 Å². The number of nitrogens with zero attached hydrogens (tertiary/aromatic N) is 1. The number of aliphatic hydroxyl groups excluding tert-OH is 1. The lowest BCUT2D eigenvalue weighted by molar-refractivity contribution is -0.179. The molecule has 244 valence electrons. The van der Waals surface area contributed by atoms with Gasteiger partial charge in [0.1, 0.15) is 5.76 Å². The summed E-state index contributed by atoms with van der Waals surface area (Å²) in [6.07, 6.45) is -4.04. The van der Waals surface area contributed by atoms with Crippen LogP contribution in [0, 0.1) is 0 Å². The summed E-state index contributed by atoms with van der Waals surface area (Å²) in [5.74, 6) is -3.75. The summed E-state index contributed by atoms with van der Waals surface area (Å²) in [5, 5.41) is 32.1. The molecule has 2 aromatic rings. The molecule has 2 bridgehead atoms. The smallest absolute Gasteiger partial charge is 0.353 e. The second-order valence-electron chi connectivity index (χ2n) is 12.1. The van der Waals surface area contributed by atoms with Crippen LogP contribution in [0.5, 0.6) is 11.5 Å². The van der Waals surface area contributed by atoms with Crippen LogP contribution < -0.4 is 9.47 Å². The van der Waals surface area contributed by atoms with Crippen LogP contribution in [0.4, 0.5) is 0 Å². The largest absolute Gasteiger partial charge is 0.493 e. The lowest BCUT2D eigenvalue weighted by Gasteiger charge is -2.61. The van der Waals surface area contributed by atoms with Crippen molar-refractivity contribution in [2.45, 2.75) is 74.1 Å². The highest BCUT2D eigenvalue weighted by molar-refractivity contribution is 5.86. The van der Waals surface area contributed by atoms with E-state index in [1.165, 1.54) is 19.2 Å². The van der Waals surface area contributed by atoms with Gasteiger partial charge in [-0.25, -0.2) is 14.4 Å². The van der Waals surface area contributed by atoms with Crippen molar-refractivity contribution in [3.05, 3.63) is 71.0 Å². The molecular formula is C33H35NO12. The molecule has 2 heterocycles. The number of likely N-dealkylation sites (N-methyl/N-ethyl adjacent to an activating group) is 1. The summed E-state index contributed by atoms with van der Waals surface area (Å²) in [7, 11) is 3.49. The van der Waals surface area contributed by atoms with Crippen molar-refractivity contribution in [1.29, 1.82) is 0 Å². The number of carbonyl (C=O) groups is 4. The highest BCUT2D eigenvalue weighted by Crippen LogP contribution is 2.65. The van der Waals surface area contributed by atoms with Crippen molar-refractivity contribution in [2.75, 3.05) is 20.7 Å². The zero-order valence-electron chi connectivity index (χ0n) is 25.5. The number of aliphatic carboxylic acids is 1. The number of carboxylic acids is 1. The van der Waals surface area contributed by atoms with Crippen LogP contribution in [-0.2, 0) is 45.2 Å². The molecule has 2 aliphatic carbocycles. The fraction of sp³-hybridized carbons (Fsp3) is 0.455. The molecule has 3 N–H and O–H groups in total. The van der Waals surface area contributed by atoms with E-state index in [-0.39, 0.29) is 23.8 Å². The quantitative estimate of drug-likeness (QED) is 0.253. The molecule has 0 aromatic heterocycles. The van der Waals surface area contributed by atoms with Gasteiger partial charge >= 0.3 is 23.9 Å². The second kappa shape index (κ2) is 11.7. The third kappa shape index (κ3) is 4.89. The van der Waals surface area contributed by atoms with Gasteiger partial charge in [0.05, 0.1) is 24.5 Å². The summed E-state index contributed by atoms with van der Waals surface area (Å²) >= 11 is 0. The number of hydrogen-bond acceptors (Lipinski definition) is 12. The van der Waals surface area contributed by atoms with Gasteiger partial charge in [-0.1, -0.05) is 36.4 Å². The Morgan fingerprint density at radius 2 is 1.83 bits per heavy atom. The highest BCUT2D eigenvalue weighted by atomic mass is 16.6. The van der Waals surface area contributed by atoms with Gasteiger partial charge < -0.3 is 43.9 Å². The standard InChI is InChI=1S/C33H35NO12/c1-17(29(37)38)43-31(40)26(18-7-5-4-6-8-18)45-24(36)16-20(35)30(39)44-22-11-12-33(41)23-15-19-9-10-21(42-3)27-25(19)32(33,28(22)46-27)13-14-34(23)2/h4-11,17,20,23,26,28,35,41H,12-16H2,1-3H3,(H,37,38)/t17-,20-,23-,26-,28-,32-,33+/m0/s1. The molecule has 0 amide bonds. The number of carbonyl (C=O) groups excluding carboxylic acids is 3. The molecule has 7 atom stereocenters. The van der Waals surface area contributed by atoms with E-state index in [0.29, 0.717) is 30.9 Å². The molecule has 0 unspecified atom stereocenters. The van der Waals surface area contributed by atoms with Crippen LogP contribution in [-0.4, -0.2) is 94.8 Å². The van der Waals surface area contributed by atoms with Crippen molar-refractivity contribution >= 4 is 23.9 Å². The molecule has 1 spiro atoms. The molecule has 4 aliphatic rings. The molecule has 1 fully saturated rings. The van der Waals surface area contributed by atoms with Gasteiger partial charge in [0.15, 0.2) is 29.8 Å². The van der Waals surface area contributed by atoms with Crippen molar-refractivity contribution in [3.8, 4) is 11.5 Å². The number of carboxylic acid groups (broad SMARTS) is 1. The highest BCUT2D eigenvalue weighted by Gasteiger charge is 2.72. The third-order valence-electron chi connectivity index (χ3n) is 9.61. The lowest BCUT2D eigenvalue weighted by Crippen LogP contribution is -2.74. The molecule has 0 radical (unpaired) electrons. The van der Waals surface area contributed by atoms with Crippen LogP contribution in [0.15, 0.2) is 54.3 Å². The Morgan fingerprint density at radius 3 is 2.52 bits per heavy atom. The Bertz CT molecular complexity index is 1610. The third-order valence-corrected chi connectivity index (χ3v) is 9.61. The number of rotatable bonds is 10. The summed E-state index contributed by atoms with van der Waals surface area (Å²) in [6, 6.07) is 11.3. The minimum atomic E-state index is -1.98. The van der Waals surface area contributed by atoms with Gasteiger partial charge in [-0.3, -0.25) is 4.79 Å². The van der Waals surface area contributed by atoms with E-state index in [1.807, 2.05) is 19.2 Å². The van der Waals surface area contributed by atoms with Gasteiger partial charge in [0.25, 0.3) is 0 Å². The van der Waals surface area contributed by atoms with Crippen molar-refractivity contribution < 1.29 is 58.2 Å². The van der Waals surface area contributed by atoms with E-state index in [9.17, 15) is 29.4 Å². The zero-order chi connectivity index (χ0) is 33.0. The van der Waals surface area contributed by atoms with Crippen molar-refractivity contribution in [3.63, 3.8) is 0 Å². The lowest BCUT2D eigenvalue weighted by atomic mass is 9.50. The normalized spacial score (nSPS) is 27.5. The fourth-order valence-electron chi connectivity index (χ4n) is 7.36. The van der Waals surface area contributed by atoms with E-state index < -0.39 is 65.7 Å². The van der Waals surface area contributed by atoms with Crippen molar-refractivity contribution in [2.24, 2.45) is 0 Å². The summed E-state index contributed by atoms with van der Waals surface area (Å²) in [5.41, 5.74) is -0.116. The first-order valence-corrected chi connectivity index (χ1v) is 15.0. The number of benzene rings is 2. The molecule has 13 nitrogen and oxygen atoms in total. The molecule has 1 saturated heterocycles. The maximum absolute atomic E-state index is 13.2. The molecule has 6 rings (SSSR count).